The Balaban J connectivity index is 1.43. The van der Waals surface area contributed by atoms with E-state index in [0.29, 0.717) is 13.1 Å². The molecule has 5 nitrogen and oxygen atoms in total. The van der Waals surface area contributed by atoms with Crippen LogP contribution >= 0.6 is 11.3 Å². The average molecular weight is 338 g/mol. The number of ether oxygens (including phenoxy) is 1. The number of nitrogens with one attached hydrogen (secondary N) is 2. The first-order valence-electron chi connectivity index (χ1n) is 8.40. The second-order valence-corrected chi connectivity index (χ2v) is 7.61. The number of amides is 2. The molecular formula is C17H26N2O3S. The van der Waals surface area contributed by atoms with Gasteiger partial charge in [-0.2, -0.15) is 11.3 Å². The summed E-state index contributed by atoms with van der Waals surface area (Å²) in [6.45, 7) is 4.64. The van der Waals surface area contributed by atoms with Crippen molar-refractivity contribution in [1.29, 1.82) is 0 Å². The Hall–Kier alpha value is -1.11. The minimum Gasteiger partial charge on any atom is -0.392 e. The zero-order valence-corrected chi connectivity index (χ0v) is 14.5. The molecule has 1 aromatic rings. The fourth-order valence-electron chi connectivity index (χ4n) is 3.85. The van der Waals surface area contributed by atoms with E-state index in [0.717, 1.165) is 44.5 Å². The van der Waals surface area contributed by atoms with Gasteiger partial charge < -0.3 is 20.5 Å². The predicted octanol–water partition coefficient (Wildman–Crippen LogP) is 2.42. The predicted molar refractivity (Wildman–Crippen MR) is 90.5 cm³/mol. The zero-order valence-electron chi connectivity index (χ0n) is 13.6. The van der Waals surface area contributed by atoms with Gasteiger partial charge in [-0.05, 0) is 54.5 Å². The van der Waals surface area contributed by atoms with Gasteiger partial charge in [-0.15, -0.1) is 0 Å². The van der Waals surface area contributed by atoms with Crippen molar-refractivity contribution >= 4 is 17.4 Å². The molecule has 0 aromatic carbocycles. The number of aliphatic hydroxyl groups is 1. The number of carbonyl (C=O) groups is 1. The number of hydrogen-bond donors (Lipinski definition) is 3. The maximum atomic E-state index is 12.0. The van der Waals surface area contributed by atoms with E-state index in [-0.39, 0.29) is 23.5 Å². The number of aliphatic hydroxyl groups excluding tert-OH is 1. The molecule has 0 bridgehead atoms. The van der Waals surface area contributed by atoms with E-state index in [2.05, 4.69) is 21.4 Å². The maximum absolute atomic E-state index is 12.0. The summed E-state index contributed by atoms with van der Waals surface area (Å²) in [5, 5.41) is 20.6. The Morgan fingerprint density at radius 3 is 2.83 bits per heavy atom. The van der Waals surface area contributed by atoms with Gasteiger partial charge in [0.1, 0.15) is 0 Å². The highest BCUT2D eigenvalue weighted by Crippen LogP contribution is 2.48. The van der Waals surface area contributed by atoms with Crippen LogP contribution in [-0.4, -0.2) is 37.0 Å². The molecule has 6 heteroatoms. The van der Waals surface area contributed by atoms with Crippen LogP contribution in [0.1, 0.15) is 36.8 Å². The number of carbonyl (C=O) groups excluding carboxylic acids is 1. The second kappa shape index (κ2) is 7.20. The van der Waals surface area contributed by atoms with Crippen molar-refractivity contribution in [3.05, 3.63) is 21.9 Å². The Morgan fingerprint density at radius 2 is 2.13 bits per heavy atom. The molecule has 2 fully saturated rings. The van der Waals surface area contributed by atoms with Crippen LogP contribution < -0.4 is 10.6 Å². The Labute approximate surface area is 141 Å². The van der Waals surface area contributed by atoms with E-state index >= 15 is 0 Å². The van der Waals surface area contributed by atoms with Crippen molar-refractivity contribution in [2.24, 2.45) is 11.3 Å². The third kappa shape index (κ3) is 3.70. The van der Waals surface area contributed by atoms with Crippen molar-refractivity contribution in [2.45, 2.75) is 45.3 Å². The van der Waals surface area contributed by atoms with Crippen LogP contribution in [-0.2, 0) is 11.3 Å². The largest absolute Gasteiger partial charge is 0.392 e. The summed E-state index contributed by atoms with van der Waals surface area (Å²) < 4.78 is 5.42. The van der Waals surface area contributed by atoms with E-state index in [4.69, 9.17) is 4.74 Å². The van der Waals surface area contributed by atoms with E-state index in [1.165, 1.54) is 5.56 Å². The van der Waals surface area contributed by atoms with Crippen molar-refractivity contribution in [3.8, 4) is 0 Å². The number of thiophene rings is 1. The highest BCUT2D eigenvalue weighted by atomic mass is 32.1. The number of urea groups is 1. The van der Waals surface area contributed by atoms with Gasteiger partial charge in [-0.25, -0.2) is 4.79 Å². The molecule has 3 rings (SSSR count). The molecule has 3 N–H and O–H groups in total. The molecule has 2 aliphatic rings. The quantitative estimate of drug-likeness (QED) is 0.790. The summed E-state index contributed by atoms with van der Waals surface area (Å²) in [5.41, 5.74) is 2.39. The molecule has 0 unspecified atom stereocenters. The Kier molecular flexibility index (Phi) is 5.24. The topological polar surface area (TPSA) is 70.6 Å². The van der Waals surface area contributed by atoms with Gasteiger partial charge in [0.25, 0.3) is 0 Å². The van der Waals surface area contributed by atoms with Crippen LogP contribution in [0, 0.1) is 18.3 Å². The Morgan fingerprint density at radius 1 is 1.35 bits per heavy atom. The molecule has 1 spiro atoms. The summed E-state index contributed by atoms with van der Waals surface area (Å²) in [6, 6.07) is -0.157. The van der Waals surface area contributed by atoms with Gasteiger partial charge in [0, 0.05) is 37.6 Å². The summed E-state index contributed by atoms with van der Waals surface area (Å²) in [5.74, 6) is 0.154. The number of aryl methyl sites for hydroxylation is 1. The molecule has 23 heavy (non-hydrogen) atoms. The molecule has 2 heterocycles. The molecule has 1 aliphatic carbocycles. The summed E-state index contributed by atoms with van der Waals surface area (Å²) in [7, 11) is 0. The first-order chi connectivity index (χ1) is 11.1. The molecule has 0 radical (unpaired) electrons. The van der Waals surface area contributed by atoms with Gasteiger partial charge >= 0.3 is 6.03 Å². The molecule has 128 valence electrons. The Bertz CT molecular complexity index is 540. The smallest absolute Gasteiger partial charge is 0.315 e. The third-order valence-corrected chi connectivity index (χ3v) is 6.41. The SMILES string of the molecule is Cc1cscc1CNC(=O)NC[C@H]1CCC2(CCOCC2)[C@H]1O. The normalized spacial score (nSPS) is 26.3. The summed E-state index contributed by atoms with van der Waals surface area (Å²) in [6.07, 6.45) is 3.57. The molecule has 1 aromatic heterocycles. The monoisotopic (exact) mass is 338 g/mol. The van der Waals surface area contributed by atoms with E-state index in [1.807, 2.05) is 6.92 Å². The third-order valence-electron chi connectivity index (χ3n) is 5.50. The lowest BCUT2D eigenvalue weighted by molar-refractivity contribution is -0.0554. The second-order valence-electron chi connectivity index (χ2n) is 6.86. The minimum absolute atomic E-state index is 0.0227. The number of hydrogen-bond acceptors (Lipinski definition) is 4. The first-order valence-corrected chi connectivity index (χ1v) is 9.34. The summed E-state index contributed by atoms with van der Waals surface area (Å²) in [4.78, 5) is 12.0. The lowest BCUT2D eigenvalue weighted by Crippen LogP contribution is -2.43. The fourth-order valence-corrected chi connectivity index (χ4v) is 4.70. The van der Waals surface area contributed by atoms with Gasteiger partial charge in [-0.1, -0.05) is 0 Å². The van der Waals surface area contributed by atoms with Gasteiger partial charge in [0.15, 0.2) is 0 Å². The molecule has 1 saturated carbocycles. The lowest BCUT2D eigenvalue weighted by atomic mass is 9.76. The van der Waals surface area contributed by atoms with E-state index < -0.39 is 0 Å². The maximum Gasteiger partial charge on any atom is 0.315 e. The number of rotatable bonds is 4. The molecule has 2 amide bonds. The zero-order chi connectivity index (χ0) is 16.3. The first kappa shape index (κ1) is 16.7. The standard InChI is InChI=1S/C17H26N2O3S/c1-12-10-23-11-14(12)9-19-16(21)18-8-13-2-3-17(15(13)20)4-6-22-7-5-17/h10-11,13,15,20H,2-9H2,1H3,(H2,18,19,21)/t13-,15+/m1/s1. The van der Waals surface area contributed by atoms with Gasteiger partial charge in [0.05, 0.1) is 6.10 Å². The van der Waals surface area contributed by atoms with Crippen LogP contribution in [0.5, 0.6) is 0 Å². The van der Waals surface area contributed by atoms with Crippen LogP contribution in [0.4, 0.5) is 4.79 Å². The lowest BCUT2D eigenvalue weighted by Gasteiger charge is -2.37. The molecule has 2 atom stereocenters. The van der Waals surface area contributed by atoms with Crippen LogP contribution in [0.3, 0.4) is 0 Å². The van der Waals surface area contributed by atoms with Crippen LogP contribution in [0.15, 0.2) is 10.8 Å². The average Bonchev–Trinajstić information content (AvgIpc) is 3.10. The van der Waals surface area contributed by atoms with E-state index in [9.17, 15) is 9.90 Å². The van der Waals surface area contributed by atoms with Crippen LogP contribution in [0.2, 0.25) is 0 Å². The molecular weight excluding hydrogens is 312 g/mol. The van der Waals surface area contributed by atoms with Crippen molar-refractivity contribution < 1.29 is 14.6 Å². The minimum atomic E-state index is -0.328. The highest BCUT2D eigenvalue weighted by Gasteiger charge is 2.48. The molecule has 1 aliphatic heterocycles. The van der Waals surface area contributed by atoms with E-state index in [1.54, 1.807) is 11.3 Å². The van der Waals surface area contributed by atoms with Gasteiger partial charge in [0.2, 0.25) is 0 Å². The van der Waals surface area contributed by atoms with Crippen molar-refractivity contribution in [3.63, 3.8) is 0 Å². The van der Waals surface area contributed by atoms with Gasteiger partial charge in [-0.3, -0.25) is 0 Å². The highest BCUT2D eigenvalue weighted by molar-refractivity contribution is 7.08. The fraction of sp³-hybridized carbons (Fsp3) is 0.706. The van der Waals surface area contributed by atoms with Crippen molar-refractivity contribution in [2.75, 3.05) is 19.8 Å². The van der Waals surface area contributed by atoms with Crippen LogP contribution in [0.25, 0.3) is 0 Å². The molecule has 1 saturated heterocycles. The summed E-state index contributed by atoms with van der Waals surface area (Å²) >= 11 is 1.65. The van der Waals surface area contributed by atoms with Crippen molar-refractivity contribution in [1.82, 2.24) is 10.6 Å².